The summed E-state index contributed by atoms with van der Waals surface area (Å²) in [6.45, 7) is 7.57. The summed E-state index contributed by atoms with van der Waals surface area (Å²) < 4.78 is 10.4. The zero-order valence-corrected chi connectivity index (χ0v) is 18.2. The van der Waals surface area contributed by atoms with Crippen LogP contribution in [0.2, 0.25) is 0 Å². The van der Waals surface area contributed by atoms with Gasteiger partial charge in [-0.25, -0.2) is 4.99 Å². The third-order valence-corrected chi connectivity index (χ3v) is 3.20. The molecule has 1 amide bonds. The molecule has 0 heterocycles. The maximum absolute atomic E-state index is 11.1. The molecule has 0 fully saturated rings. The van der Waals surface area contributed by atoms with Crippen molar-refractivity contribution in [2.75, 3.05) is 45.3 Å². The number of carbonyl (C=O) groups excluding carboxylic acids is 1. The highest BCUT2D eigenvalue weighted by Crippen LogP contribution is 2.11. The van der Waals surface area contributed by atoms with E-state index in [9.17, 15) is 4.79 Å². The van der Waals surface area contributed by atoms with Crippen molar-refractivity contribution in [3.8, 4) is 0 Å². The molecule has 0 unspecified atom stereocenters. The molecule has 0 saturated carbocycles. The zero-order valence-electron chi connectivity index (χ0n) is 15.8. The fourth-order valence-corrected chi connectivity index (χ4v) is 2.09. The summed E-state index contributed by atoms with van der Waals surface area (Å²) in [6.07, 6.45) is 0.895. The van der Waals surface area contributed by atoms with E-state index in [2.05, 4.69) is 20.9 Å². The van der Waals surface area contributed by atoms with Crippen LogP contribution in [0.25, 0.3) is 0 Å². The number of aliphatic imine (C=N–C) groups is 1. The highest BCUT2D eigenvalue weighted by atomic mass is 127. The lowest BCUT2D eigenvalue weighted by molar-refractivity contribution is -0.114. The smallest absolute Gasteiger partial charge is 0.221 e. The average molecular weight is 478 g/mol. The van der Waals surface area contributed by atoms with Crippen molar-refractivity contribution in [2.24, 2.45) is 4.99 Å². The number of anilines is 1. The van der Waals surface area contributed by atoms with Gasteiger partial charge in [0.25, 0.3) is 0 Å². The monoisotopic (exact) mass is 478 g/mol. The molecule has 148 valence electrons. The highest BCUT2D eigenvalue weighted by molar-refractivity contribution is 14.0. The Kier molecular flexibility index (Phi) is 15.0. The Labute approximate surface area is 173 Å². The number of benzene rings is 1. The number of amides is 1. The Hall–Kier alpha value is -1.39. The standard InChI is InChI=1S/C18H30N4O3.HI/c1-4-19-18(20-9-6-10-25-12-11-24-3)21-14-16-7-5-8-17(13-16)22-15(2)23;/h5,7-8,13H,4,6,9-12,14H2,1-3H3,(H,22,23)(H2,19,20,21);1H. The quantitative estimate of drug-likeness (QED) is 0.197. The Bertz CT molecular complexity index is 541. The minimum atomic E-state index is -0.0802. The zero-order chi connectivity index (χ0) is 18.3. The number of nitrogens with zero attached hydrogens (tertiary/aromatic N) is 1. The van der Waals surface area contributed by atoms with Gasteiger partial charge in [-0.1, -0.05) is 12.1 Å². The molecule has 0 aliphatic carbocycles. The first-order chi connectivity index (χ1) is 12.2. The van der Waals surface area contributed by atoms with Crippen LogP contribution in [0.3, 0.4) is 0 Å². The van der Waals surface area contributed by atoms with E-state index in [1.165, 1.54) is 6.92 Å². The van der Waals surface area contributed by atoms with Gasteiger partial charge in [-0.3, -0.25) is 4.79 Å². The summed E-state index contributed by atoms with van der Waals surface area (Å²) in [7, 11) is 1.66. The lowest BCUT2D eigenvalue weighted by atomic mass is 10.2. The molecular weight excluding hydrogens is 447 g/mol. The van der Waals surface area contributed by atoms with Crippen LogP contribution in [-0.2, 0) is 20.8 Å². The van der Waals surface area contributed by atoms with Gasteiger partial charge in [0.2, 0.25) is 5.91 Å². The number of ether oxygens (including phenoxy) is 2. The molecule has 1 aromatic rings. The molecule has 7 nitrogen and oxygen atoms in total. The van der Waals surface area contributed by atoms with E-state index >= 15 is 0 Å². The van der Waals surface area contributed by atoms with Crippen LogP contribution in [0.5, 0.6) is 0 Å². The maximum Gasteiger partial charge on any atom is 0.221 e. The average Bonchev–Trinajstić information content (AvgIpc) is 2.58. The molecule has 8 heteroatoms. The van der Waals surface area contributed by atoms with Crippen molar-refractivity contribution < 1.29 is 14.3 Å². The molecular formula is C18H31IN4O3. The molecule has 0 aromatic heterocycles. The van der Waals surface area contributed by atoms with Crippen LogP contribution >= 0.6 is 24.0 Å². The van der Waals surface area contributed by atoms with Gasteiger partial charge in [0.05, 0.1) is 19.8 Å². The lowest BCUT2D eigenvalue weighted by Crippen LogP contribution is -2.38. The second-order valence-electron chi connectivity index (χ2n) is 5.46. The first kappa shape index (κ1) is 24.6. The summed E-state index contributed by atoms with van der Waals surface area (Å²) >= 11 is 0. The largest absolute Gasteiger partial charge is 0.382 e. The number of rotatable bonds is 11. The summed E-state index contributed by atoms with van der Waals surface area (Å²) in [5.41, 5.74) is 1.82. The van der Waals surface area contributed by atoms with Gasteiger partial charge >= 0.3 is 0 Å². The summed E-state index contributed by atoms with van der Waals surface area (Å²) in [4.78, 5) is 15.7. The van der Waals surface area contributed by atoms with Gasteiger partial charge in [-0.2, -0.15) is 0 Å². The molecule has 0 radical (unpaired) electrons. The highest BCUT2D eigenvalue weighted by Gasteiger charge is 2.00. The van der Waals surface area contributed by atoms with Crippen LogP contribution in [0.1, 0.15) is 25.8 Å². The number of hydrogen-bond acceptors (Lipinski definition) is 4. The van der Waals surface area contributed by atoms with Crippen LogP contribution < -0.4 is 16.0 Å². The Balaban J connectivity index is 0.00000625. The van der Waals surface area contributed by atoms with Gasteiger partial charge in [-0.15, -0.1) is 24.0 Å². The van der Waals surface area contributed by atoms with Crippen molar-refractivity contribution in [1.82, 2.24) is 10.6 Å². The number of nitrogens with one attached hydrogen (secondary N) is 3. The van der Waals surface area contributed by atoms with Gasteiger partial charge in [0, 0.05) is 39.4 Å². The lowest BCUT2D eigenvalue weighted by Gasteiger charge is -2.11. The van der Waals surface area contributed by atoms with E-state index in [0.717, 1.165) is 36.7 Å². The molecule has 1 rings (SSSR count). The summed E-state index contributed by atoms with van der Waals surface area (Å²) in [6, 6.07) is 7.69. The number of methoxy groups -OCH3 is 1. The Morgan fingerprint density at radius 1 is 1.19 bits per heavy atom. The first-order valence-corrected chi connectivity index (χ1v) is 8.61. The maximum atomic E-state index is 11.1. The first-order valence-electron chi connectivity index (χ1n) is 8.61. The molecule has 0 saturated heterocycles. The second-order valence-corrected chi connectivity index (χ2v) is 5.46. The van der Waals surface area contributed by atoms with Crippen molar-refractivity contribution in [1.29, 1.82) is 0 Å². The SMILES string of the molecule is CCNC(=NCc1cccc(NC(C)=O)c1)NCCCOCCOC.I. The molecule has 26 heavy (non-hydrogen) atoms. The number of guanidine groups is 1. The third-order valence-electron chi connectivity index (χ3n) is 3.20. The second kappa shape index (κ2) is 15.8. The van der Waals surface area contributed by atoms with Crippen molar-refractivity contribution in [2.45, 2.75) is 26.8 Å². The number of halogens is 1. The predicted molar refractivity (Wildman–Crippen MR) is 116 cm³/mol. The van der Waals surface area contributed by atoms with E-state index in [-0.39, 0.29) is 29.9 Å². The number of carbonyl (C=O) groups is 1. The van der Waals surface area contributed by atoms with E-state index in [4.69, 9.17) is 9.47 Å². The molecule has 0 bridgehead atoms. The van der Waals surface area contributed by atoms with Crippen molar-refractivity contribution in [3.63, 3.8) is 0 Å². The third kappa shape index (κ3) is 12.0. The fraction of sp³-hybridized carbons (Fsp3) is 0.556. The van der Waals surface area contributed by atoms with Crippen LogP contribution in [0.4, 0.5) is 5.69 Å². The Morgan fingerprint density at radius 2 is 2.00 bits per heavy atom. The van der Waals surface area contributed by atoms with Gasteiger partial charge in [0.1, 0.15) is 0 Å². The summed E-state index contributed by atoms with van der Waals surface area (Å²) in [5, 5.41) is 9.29. The fourth-order valence-electron chi connectivity index (χ4n) is 2.09. The molecule has 0 atom stereocenters. The van der Waals surface area contributed by atoms with Gasteiger partial charge in [-0.05, 0) is 31.0 Å². The summed E-state index contributed by atoms with van der Waals surface area (Å²) in [5.74, 6) is 0.688. The van der Waals surface area contributed by atoms with Crippen LogP contribution in [0.15, 0.2) is 29.3 Å². The van der Waals surface area contributed by atoms with Crippen LogP contribution in [0, 0.1) is 0 Å². The van der Waals surface area contributed by atoms with Crippen LogP contribution in [-0.4, -0.2) is 51.9 Å². The van der Waals surface area contributed by atoms with E-state index in [1.54, 1.807) is 7.11 Å². The molecule has 0 aliphatic rings. The van der Waals surface area contributed by atoms with Crippen molar-refractivity contribution >= 4 is 41.5 Å². The van der Waals surface area contributed by atoms with E-state index < -0.39 is 0 Å². The van der Waals surface area contributed by atoms with Gasteiger partial charge < -0.3 is 25.4 Å². The minimum absolute atomic E-state index is 0. The molecule has 0 aliphatic heterocycles. The van der Waals surface area contributed by atoms with Gasteiger partial charge in [0.15, 0.2) is 5.96 Å². The molecule has 1 aromatic carbocycles. The van der Waals surface area contributed by atoms with Crippen molar-refractivity contribution in [3.05, 3.63) is 29.8 Å². The topological polar surface area (TPSA) is 84.0 Å². The van der Waals surface area contributed by atoms with E-state index in [0.29, 0.717) is 26.4 Å². The normalized spacial score (nSPS) is 10.8. The van der Waals surface area contributed by atoms with E-state index in [1.807, 2.05) is 31.2 Å². The molecule has 3 N–H and O–H groups in total. The molecule has 0 spiro atoms. The minimum Gasteiger partial charge on any atom is -0.382 e. The number of hydrogen-bond donors (Lipinski definition) is 3. The Morgan fingerprint density at radius 3 is 2.69 bits per heavy atom. The predicted octanol–water partition coefficient (Wildman–Crippen LogP) is 2.37.